The zero-order valence-electron chi connectivity index (χ0n) is 8.68. The number of benzene rings is 1. The first-order valence-electron chi connectivity index (χ1n) is 5.08. The molecule has 0 amide bonds. The molecule has 0 radical (unpaired) electrons. The molecule has 0 spiro atoms. The molecule has 1 aliphatic rings. The fourth-order valence-corrected chi connectivity index (χ4v) is 2.93. The molecule has 0 aromatic heterocycles. The number of rotatable bonds is 4. The molecular formula is C10H14N2O3S. The lowest BCUT2D eigenvalue weighted by Crippen LogP contribution is -2.48. The SMILES string of the molecule is O=S(=O)(CC1CCN1)Nc1cccc(O)c1. The molecule has 1 aliphatic heterocycles. The standard InChI is InChI=1S/C10H14N2O3S/c13-10-3-1-2-8(6-10)12-16(14,15)7-9-4-5-11-9/h1-3,6,9,11-13H,4-5,7H2. The van der Waals surface area contributed by atoms with Crippen LogP contribution in [0.15, 0.2) is 24.3 Å². The number of nitrogens with one attached hydrogen (secondary N) is 2. The molecule has 3 N–H and O–H groups in total. The van der Waals surface area contributed by atoms with Gasteiger partial charge in [-0.05, 0) is 25.1 Å². The van der Waals surface area contributed by atoms with Gasteiger partial charge >= 0.3 is 0 Å². The Hall–Kier alpha value is -1.27. The van der Waals surface area contributed by atoms with Gasteiger partial charge in [-0.3, -0.25) is 4.72 Å². The van der Waals surface area contributed by atoms with Crippen LogP contribution in [0, 0.1) is 0 Å². The van der Waals surface area contributed by atoms with Crippen LogP contribution in [0.2, 0.25) is 0 Å². The molecule has 1 atom stereocenters. The monoisotopic (exact) mass is 242 g/mol. The normalized spacial score (nSPS) is 20.1. The Kier molecular flexibility index (Phi) is 3.02. The van der Waals surface area contributed by atoms with Gasteiger partial charge in [-0.15, -0.1) is 0 Å². The molecular weight excluding hydrogens is 228 g/mol. The Morgan fingerprint density at radius 1 is 1.50 bits per heavy atom. The van der Waals surface area contributed by atoms with Gasteiger partial charge in [0.25, 0.3) is 0 Å². The second-order valence-electron chi connectivity index (χ2n) is 3.87. The first-order chi connectivity index (χ1) is 7.55. The Balaban J connectivity index is 2.02. The minimum absolute atomic E-state index is 0.0435. The van der Waals surface area contributed by atoms with Gasteiger partial charge in [-0.1, -0.05) is 6.07 Å². The molecule has 5 nitrogen and oxygen atoms in total. The topological polar surface area (TPSA) is 78.4 Å². The van der Waals surface area contributed by atoms with Crippen molar-refractivity contribution in [2.75, 3.05) is 17.0 Å². The Morgan fingerprint density at radius 3 is 2.81 bits per heavy atom. The van der Waals surface area contributed by atoms with Gasteiger partial charge in [0.15, 0.2) is 0 Å². The summed E-state index contributed by atoms with van der Waals surface area (Å²) < 4.78 is 25.8. The van der Waals surface area contributed by atoms with Gasteiger partial charge in [-0.2, -0.15) is 0 Å². The number of aromatic hydroxyl groups is 1. The predicted molar refractivity (Wildman–Crippen MR) is 61.9 cm³/mol. The summed E-state index contributed by atoms with van der Waals surface area (Å²) in [4.78, 5) is 0. The van der Waals surface area contributed by atoms with Gasteiger partial charge < -0.3 is 10.4 Å². The van der Waals surface area contributed by atoms with Crippen LogP contribution in [0.3, 0.4) is 0 Å². The van der Waals surface area contributed by atoms with E-state index in [4.69, 9.17) is 0 Å². The fourth-order valence-electron chi connectivity index (χ4n) is 1.55. The fraction of sp³-hybridized carbons (Fsp3) is 0.400. The van der Waals surface area contributed by atoms with Crippen LogP contribution in [0.25, 0.3) is 0 Å². The average Bonchev–Trinajstić information content (AvgIpc) is 2.11. The zero-order valence-corrected chi connectivity index (χ0v) is 9.50. The average molecular weight is 242 g/mol. The van der Waals surface area contributed by atoms with Crippen molar-refractivity contribution in [1.82, 2.24) is 5.32 Å². The van der Waals surface area contributed by atoms with Crippen LogP contribution >= 0.6 is 0 Å². The van der Waals surface area contributed by atoms with Crippen molar-refractivity contribution in [3.05, 3.63) is 24.3 Å². The molecule has 1 aromatic rings. The molecule has 1 saturated heterocycles. The Labute approximate surface area is 94.5 Å². The summed E-state index contributed by atoms with van der Waals surface area (Å²) in [7, 11) is -3.34. The van der Waals surface area contributed by atoms with Crippen LogP contribution in [-0.2, 0) is 10.0 Å². The largest absolute Gasteiger partial charge is 0.508 e. The summed E-state index contributed by atoms with van der Waals surface area (Å²) in [6.45, 7) is 0.881. The van der Waals surface area contributed by atoms with E-state index in [2.05, 4.69) is 10.0 Å². The highest BCUT2D eigenvalue weighted by Gasteiger charge is 2.23. The molecule has 6 heteroatoms. The Morgan fingerprint density at radius 2 is 2.25 bits per heavy atom. The summed E-state index contributed by atoms with van der Waals surface area (Å²) in [5.74, 6) is 0.116. The van der Waals surface area contributed by atoms with Crippen molar-refractivity contribution in [3.8, 4) is 5.75 Å². The molecule has 2 rings (SSSR count). The highest BCUT2D eigenvalue weighted by atomic mass is 32.2. The highest BCUT2D eigenvalue weighted by molar-refractivity contribution is 7.92. The van der Waals surface area contributed by atoms with E-state index in [1.54, 1.807) is 12.1 Å². The summed E-state index contributed by atoms with van der Waals surface area (Å²) in [5.41, 5.74) is 0.388. The van der Waals surface area contributed by atoms with E-state index in [0.717, 1.165) is 13.0 Å². The summed E-state index contributed by atoms with van der Waals surface area (Å²) in [6, 6.07) is 6.12. The lowest BCUT2D eigenvalue weighted by Gasteiger charge is -2.27. The quantitative estimate of drug-likeness (QED) is 0.718. The third-order valence-electron chi connectivity index (χ3n) is 2.47. The van der Waals surface area contributed by atoms with E-state index in [9.17, 15) is 13.5 Å². The lowest BCUT2D eigenvalue weighted by molar-refractivity contribution is 0.399. The molecule has 0 saturated carbocycles. The molecule has 88 valence electrons. The van der Waals surface area contributed by atoms with Crippen molar-refractivity contribution in [3.63, 3.8) is 0 Å². The maximum Gasteiger partial charge on any atom is 0.234 e. The predicted octanol–water partition coefficient (Wildman–Crippen LogP) is 0.496. The lowest BCUT2D eigenvalue weighted by atomic mass is 10.1. The van der Waals surface area contributed by atoms with Crippen LogP contribution in [0.5, 0.6) is 5.75 Å². The third kappa shape index (κ3) is 2.86. The van der Waals surface area contributed by atoms with Crippen molar-refractivity contribution >= 4 is 15.7 Å². The van der Waals surface area contributed by atoms with E-state index >= 15 is 0 Å². The molecule has 1 fully saturated rings. The molecule has 1 heterocycles. The van der Waals surface area contributed by atoms with Gasteiger partial charge in [-0.25, -0.2) is 8.42 Å². The van der Waals surface area contributed by atoms with Crippen LogP contribution in [-0.4, -0.2) is 31.9 Å². The molecule has 16 heavy (non-hydrogen) atoms. The Bertz CT molecular complexity index is 469. The van der Waals surface area contributed by atoms with Gasteiger partial charge in [0, 0.05) is 12.1 Å². The van der Waals surface area contributed by atoms with Crippen LogP contribution in [0.4, 0.5) is 5.69 Å². The smallest absolute Gasteiger partial charge is 0.234 e. The van der Waals surface area contributed by atoms with E-state index in [-0.39, 0.29) is 17.5 Å². The second kappa shape index (κ2) is 4.31. The third-order valence-corrected chi connectivity index (χ3v) is 3.85. The number of sulfonamides is 1. The maximum absolute atomic E-state index is 11.7. The summed E-state index contributed by atoms with van der Waals surface area (Å²) >= 11 is 0. The molecule has 0 bridgehead atoms. The maximum atomic E-state index is 11.7. The van der Waals surface area contributed by atoms with Gasteiger partial charge in [0.1, 0.15) is 5.75 Å². The first kappa shape index (κ1) is 11.2. The van der Waals surface area contributed by atoms with Crippen molar-refractivity contribution in [2.24, 2.45) is 0 Å². The number of anilines is 1. The highest BCUT2D eigenvalue weighted by Crippen LogP contribution is 2.17. The van der Waals surface area contributed by atoms with Crippen LogP contribution in [0.1, 0.15) is 6.42 Å². The molecule has 1 aromatic carbocycles. The van der Waals surface area contributed by atoms with E-state index < -0.39 is 10.0 Å². The van der Waals surface area contributed by atoms with E-state index in [1.165, 1.54) is 12.1 Å². The summed E-state index contributed by atoms with van der Waals surface area (Å²) in [6.07, 6.45) is 0.890. The number of hydrogen-bond donors (Lipinski definition) is 3. The van der Waals surface area contributed by atoms with Gasteiger partial charge in [0.05, 0.1) is 11.4 Å². The van der Waals surface area contributed by atoms with Crippen molar-refractivity contribution in [1.29, 1.82) is 0 Å². The van der Waals surface area contributed by atoms with E-state index in [0.29, 0.717) is 5.69 Å². The number of phenolic OH excluding ortho intramolecular Hbond substituents is 1. The molecule has 0 aliphatic carbocycles. The first-order valence-corrected chi connectivity index (χ1v) is 6.73. The number of hydrogen-bond acceptors (Lipinski definition) is 4. The summed E-state index contributed by atoms with van der Waals surface area (Å²) in [5, 5.41) is 12.2. The van der Waals surface area contributed by atoms with Crippen molar-refractivity contribution in [2.45, 2.75) is 12.5 Å². The second-order valence-corrected chi connectivity index (χ2v) is 5.64. The minimum Gasteiger partial charge on any atom is -0.508 e. The van der Waals surface area contributed by atoms with Crippen molar-refractivity contribution < 1.29 is 13.5 Å². The minimum atomic E-state index is -3.34. The van der Waals surface area contributed by atoms with Crippen LogP contribution < -0.4 is 10.0 Å². The van der Waals surface area contributed by atoms with E-state index in [1.807, 2.05) is 0 Å². The molecule has 1 unspecified atom stereocenters. The van der Waals surface area contributed by atoms with Gasteiger partial charge in [0.2, 0.25) is 10.0 Å². The number of phenols is 1. The zero-order chi connectivity index (χ0) is 11.6.